The standard InChI is InChI=1S/C19H22N4O2S/c1-20-12-26-11-17(13-6-5-7-14(10-13)18(24)25-2)23-19-21-15-8-3-4-9-16(15)22-19/h3-10,17,20H,11-12H2,1-2H3,(H2,21,22,23). The summed E-state index contributed by atoms with van der Waals surface area (Å²) in [6.45, 7) is 0. The number of esters is 1. The fourth-order valence-corrected chi connectivity index (χ4v) is 3.52. The Hall–Kier alpha value is -2.51. The molecule has 3 N–H and O–H groups in total. The van der Waals surface area contributed by atoms with Crippen molar-refractivity contribution in [3.8, 4) is 0 Å². The van der Waals surface area contributed by atoms with Crippen molar-refractivity contribution in [2.45, 2.75) is 6.04 Å². The molecule has 7 heteroatoms. The predicted molar refractivity (Wildman–Crippen MR) is 107 cm³/mol. The molecule has 0 fully saturated rings. The lowest BCUT2D eigenvalue weighted by Crippen LogP contribution is -2.17. The van der Waals surface area contributed by atoms with Gasteiger partial charge in [-0.2, -0.15) is 0 Å². The number of rotatable bonds is 8. The number of aromatic amines is 1. The smallest absolute Gasteiger partial charge is 0.337 e. The maximum atomic E-state index is 11.8. The van der Waals surface area contributed by atoms with Gasteiger partial charge in [0.2, 0.25) is 5.95 Å². The Morgan fingerprint density at radius 3 is 2.88 bits per heavy atom. The molecule has 2 aromatic carbocycles. The number of para-hydroxylation sites is 2. The molecule has 136 valence electrons. The molecule has 0 aliphatic rings. The molecule has 3 rings (SSSR count). The van der Waals surface area contributed by atoms with Crippen LogP contribution in [-0.2, 0) is 4.74 Å². The first-order valence-corrected chi connectivity index (χ1v) is 9.48. The fourth-order valence-electron chi connectivity index (χ4n) is 2.69. The fraction of sp³-hybridized carbons (Fsp3) is 0.263. The number of carbonyl (C=O) groups excluding carboxylic acids is 1. The van der Waals surface area contributed by atoms with E-state index >= 15 is 0 Å². The zero-order valence-electron chi connectivity index (χ0n) is 14.8. The van der Waals surface area contributed by atoms with Crippen molar-refractivity contribution in [1.82, 2.24) is 15.3 Å². The van der Waals surface area contributed by atoms with E-state index in [1.807, 2.05) is 49.5 Å². The highest BCUT2D eigenvalue weighted by molar-refractivity contribution is 7.99. The topological polar surface area (TPSA) is 79.0 Å². The molecule has 1 heterocycles. The van der Waals surface area contributed by atoms with Crippen LogP contribution < -0.4 is 10.6 Å². The van der Waals surface area contributed by atoms with Crippen molar-refractivity contribution < 1.29 is 9.53 Å². The number of carbonyl (C=O) groups is 1. The highest BCUT2D eigenvalue weighted by Crippen LogP contribution is 2.24. The van der Waals surface area contributed by atoms with Gasteiger partial charge in [-0.15, -0.1) is 11.8 Å². The number of methoxy groups -OCH3 is 1. The Balaban J connectivity index is 1.85. The number of imidazole rings is 1. The molecule has 1 unspecified atom stereocenters. The number of nitrogens with zero attached hydrogens (tertiary/aromatic N) is 1. The van der Waals surface area contributed by atoms with Crippen molar-refractivity contribution >= 4 is 34.7 Å². The highest BCUT2D eigenvalue weighted by atomic mass is 32.2. The first-order valence-electron chi connectivity index (χ1n) is 8.33. The maximum absolute atomic E-state index is 11.8. The molecule has 0 amide bonds. The number of hydrogen-bond donors (Lipinski definition) is 3. The molecule has 1 atom stereocenters. The summed E-state index contributed by atoms with van der Waals surface area (Å²) in [5.41, 5.74) is 3.46. The van der Waals surface area contributed by atoms with Crippen LogP contribution in [0.2, 0.25) is 0 Å². The Bertz CT molecular complexity index is 848. The number of nitrogens with one attached hydrogen (secondary N) is 3. The first-order chi connectivity index (χ1) is 12.7. The van der Waals surface area contributed by atoms with Gasteiger partial charge < -0.3 is 20.4 Å². The number of thioether (sulfide) groups is 1. The number of aromatic nitrogens is 2. The predicted octanol–water partition coefficient (Wildman–Crippen LogP) is 3.41. The van der Waals surface area contributed by atoms with Crippen molar-refractivity contribution in [2.24, 2.45) is 0 Å². The Kier molecular flexibility index (Phi) is 6.14. The van der Waals surface area contributed by atoms with E-state index in [1.165, 1.54) is 7.11 Å². The van der Waals surface area contributed by atoms with E-state index in [1.54, 1.807) is 17.8 Å². The zero-order valence-corrected chi connectivity index (χ0v) is 15.6. The van der Waals surface area contributed by atoms with E-state index in [-0.39, 0.29) is 12.0 Å². The summed E-state index contributed by atoms with van der Waals surface area (Å²) in [4.78, 5) is 19.7. The van der Waals surface area contributed by atoms with E-state index in [0.717, 1.165) is 28.2 Å². The number of ether oxygens (including phenoxy) is 1. The third-order valence-electron chi connectivity index (χ3n) is 3.94. The Labute approximate surface area is 156 Å². The van der Waals surface area contributed by atoms with Gasteiger partial charge in [-0.3, -0.25) is 0 Å². The summed E-state index contributed by atoms with van der Waals surface area (Å²) in [6.07, 6.45) is 0. The molecule has 6 nitrogen and oxygen atoms in total. The van der Waals surface area contributed by atoms with Gasteiger partial charge in [0.1, 0.15) is 0 Å². The average Bonchev–Trinajstić information content (AvgIpc) is 3.09. The second-order valence-corrected chi connectivity index (χ2v) is 6.82. The van der Waals surface area contributed by atoms with Gasteiger partial charge in [0, 0.05) is 11.6 Å². The monoisotopic (exact) mass is 370 g/mol. The summed E-state index contributed by atoms with van der Waals surface area (Å²) in [6, 6.07) is 15.4. The van der Waals surface area contributed by atoms with Crippen LogP contribution in [0.1, 0.15) is 22.0 Å². The van der Waals surface area contributed by atoms with Gasteiger partial charge >= 0.3 is 5.97 Å². The molecule has 26 heavy (non-hydrogen) atoms. The van der Waals surface area contributed by atoms with Crippen LogP contribution in [0, 0.1) is 0 Å². The van der Waals surface area contributed by atoms with Crippen LogP contribution >= 0.6 is 11.8 Å². The molecule has 0 spiro atoms. The number of benzene rings is 2. The average molecular weight is 370 g/mol. The number of H-pyrrole nitrogens is 1. The minimum absolute atomic E-state index is 0.00137. The molecule has 0 aliphatic heterocycles. The maximum Gasteiger partial charge on any atom is 0.337 e. The SMILES string of the molecule is CNCSCC(Nc1nc2ccccc2[nH]1)c1cccc(C(=O)OC)c1. The van der Waals surface area contributed by atoms with Gasteiger partial charge in [0.05, 0.1) is 29.7 Å². The molecule has 0 bridgehead atoms. The molecule has 0 radical (unpaired) electrons. The van der Waals surface area contributed by atoms with Crippen LogP contribution in [0.25, 0.3) is 11.0 Å². The summed E-state index contributed by atoms with van der Waals surface area (Å²) < 4.78 is 4.83. The zero-order chi connectivity index (χ0) is 18.4. The van der Waals surface area contributed by atoms with Crippen molar-refractivity contribution in [3.63, 3.8) is 0 Å². The molecule has 0 aliphatic carbocycles. The van der Waals surface area contributed by atoms with Gasteiger partial charge in [0.25, 0.3) is 0 Å². The van der Waals surface area contributed by atoms with Crippen LogP contribution in [-0.4, -0.2) is 41.7 Å². The van der Waals surface area contributed by atoms with E-state index < -0.39 is 0 Å². The number of anilines is 1. The minimum atomic E-state index is -0.336. The lowest BCUT2D eigenvalue weighted by molar-refractivity contribution is 0.0600. The van der Waals surface area contributed by atoms with Gasteiger partial charge in [-0.05, 0) is 36.9 Å². The van der Waals surface area contributed by atoms with Crippen LogP contribution in [0.3, 0.4) is 0 Å². The summed E-state index contributed by atoms with van der Waals surface area (Å²) in [5.74, 6) is 2.04. The summed E-state index contributed by atoms with van der Waals surface area (Å²) in [5, 5.41) is 6.60. The van der Waals surface area contributed by atoms with Crippen molar-refractivity contribution in [1.29, 1.82) is 0 Å². The Morgan fingerprint density at radius 2 is 2.12 bits per heavy atom. The Morgan fingerprint density at radius 1 is 1.27 bits per heavy atom. The van der Waals surface area contributed by atoms with Crippen molar-refractivity contribution in [2.75, 3.05) is 31.1 Å². The van der Waals surface area contributed by atoms with E-state index in [2.05, 4.69) is 20.6 Å². The van der Waals surface area contributed by atoms with E-state index in [9.17, 15) is 4.79 Å². The van der Waals surface area contributed by atoms with E-state index in [4.69, 9.17) is 4.74 Å². The second kappa shape index (κ2) is 8.73. The number of fused-ring (bicyclic) bond motifs is 1. The van der Waals surface area contributed by atoms with Crippen LogP contribution in [0.4, 0.5) is 5.95 Å². The van der Waals surface area contributed by atoms with Crippen LogP contribution in [0.15, 0.2) is 48.5 Å². The quantitative estimate of drug-likeness (QED) is 0.320. The normalized spacial score (nSPS) is 12.1. The first kappa shape index (κ1) is 18.3. The van der Waals surface area contributed by atoms with Crippen molar-refractivity contribution in [3.05, 3.63) is 59.7 Å². The molecular weight excluding hydrogens is 348 g/mol. The third-order valence-corrected chi connectivity index (χ3v) is 5.00. The molecular formula is C19H22N4O2S. The second-order valence-electron chi connectivity index (χ2n) is 5.79. The molecule has 0 saturated heterocycles. The lowest BCUT2D eigenvalue weighted by Gasteiger charge is -2.19. The number of hydrogen-bond acceptors (Lipinski definition) is 6. The van der Waals surface area contributed by atoms with Gasteiger partial charge in [-0.1, -0.05) is 24.3 Å². The minimum Gasteiger partial charge on any atom is -0.465 e. The van der Waals surface area contributed by atoms with Gasteiger partial charge in [-0.25, -0.2) is 9.78 Å². The summed E-state index contributed by atoms with van der Waals surface area (Å²) >= 11 is 1.77. The largest absolute Gasteiger partial charge is 0.465 e. The van der Waals surface area contributed by atoms with Crippen LogP contribution in [0.5, 0.6) is 0 Å². The van der Waals surface area contributed by atoms with E-state index in [0.29, 0.717) is 11.5 Å². The summed E-state index contributed by atoms with van der Waals surface area (Å²) in [7, 11) is 3.31. The molecule has 0 saturated carbocycles. The lowest BCUT2D eigenvalue weighted by atomic mass is 10.1. The highest BCUT2D eigenvalue weighted by Gasteiger charge is 2.16. The molecule has 3 aromatic rings. The third kappa shape index (κ3) is 4.36. The molecule has 1 aromatic heterocycles. The van der Waals surface area contributed by atoms with Gasteiger partial charge in [0.15, 0.2) is 0 Å².